The Bertz CT molecular complexity index is 1420. The molecule has 4 heterocycles. The molecule has 9 nitrogen and oxygen atoms in total. The zero-order valence-corrected chi connectivity index (χ0v) is 19.7. The Kier molecular flexibility index (Phi) is 5.89. The largest absolute Gasteiger partial charge is 0.495 e. The third-order valence-corrected chi connectivity index (χ3v) is 6.38. The standard InChI is InChI=1S/C24H25ClN6O3/c1-28(25)23(32)17-5-6-19(21(13-17)34-2)30-10-8-29(9-11-30)15-16-12-18-22(26-14-16)20-4-3-7-31(20)24(33)27-18/h3-7,12-14H,8-11,15H2,1-2H3,(H,27,33). The number of piperazine rings is 1. The van der Waals surface area contributed by atoms with Gasteiger partial charge in [-0.05, 0) is 42.0 Å². The maximum absolute atomic E-state index is 12.3. The number of carbonyl (C=O) groups excluding carboxylic acids is 1. The Labute approximate surface area is 201 Å². The van der Waals surface area contributed by atoms with E-state index in [2.05, 4.69) is 19.8 Å². The molecule has 1 fully saturated rings. The summed E-state index contributed by atoms with van der Waals surface area (Å²) in [6.45, 7) is 4.11. The van der Waals surface area contributed by atoms with Crippen molar-refractivity contribution < 1.29 is 9.53 Å². The molecule has 1 aliphatic rings. The van der Waals surface area contributed by atoms with Crippen molar-refractivity contribution in [2.24, 2.45) is 0 Å². The molecule has 0 atom stereocenters. The number of carbonyl (C=O) groups is 1. The highest BCUT2D eigenvalue weighted by Crippen LogP contribution is 2.31. The van der Waals surface area contributed by atoms with Crippen molar-refractivity contribution in [3.05, 3.63) is 70.4 Å². The molecule has 1 aromatic carbocycles. The molecule has 0 aliphatic carbocycles. The third kappa shape index (κ3) is 4.08. The molecule has 34 heavy (non-hydrogen) atoms. The first kappa shape index (κ1) is 22.2. The molecule has 0 spiro atoms. The molecule has 0 bridgehead atoms. The van der Waals surface area contributed by atoms with Crippen LogP contribution in [0, 0.1) is 0 Å². The molecule has 5 rings (SSSR count). The van der Waals surface area contributed by atoms with Crippen LogP contribution < -0.4 is 15.3 Å². The van der Waals surface area contributed by atoms with Crippen LogP contribution in [0.2, 0.25) is 0 Å². The number of nitrogens with one attached hydrogen (secondary N) is 1. The number of nitrogens with zero attached hydrogens (tertiary/aromatic N) is 5. The van der Waals surface area contributed by atoms with Crippen molar-refractivity contribution in [1.29, 1.82) is 0 Å². The summed E-state index contributed by atoms with van der Waals surface area (Å²) in [5.41, 5.74) is 4.66. The Balaban J connectivity index is 1.28. The van der Waals surface area contributed by atoms with Gasteiger partial charge in [-0.25, -0.2) is 4.79 Å². The first-order chi connectivity index (χ1) is 16.4. The van der Waals surface area contributed by atoms with E-state index < -0.39 is 0 Å². The van der Waals surface area contributed by atoms with Crippen LogP contribution in [0.15, 0.2) is 53.6 Å². The Hall–Kier alpha value is -3.56. The summed E-state index contributed by atoms with van der Waals surface area (Å²) in [5.74, 6) is 0.372. The van der Waals surface area contributed by atoms with Gasteiger partial charge < -0.3 is 14.6 Å². The van der Waals surface area contributed by atoms with Crippen LogP contribution in [-0.2, 0) is 6.54 Å². The van der Waals surface area contributed by atoms with Gasteiger partial charge in [0.1, 0.15) is 11.3 Å². The van der Waals surface area contributed by atoms with E-state index in [1.54, 1.807) is 29.8 Å². The topological polar surface area (TPSA) is 86.2 Å². The van der Waals surface area contributed by atoms with Crippen LogP contribution in [-0.4, -0.2) is 69.9 Å². The molecular formula is C24H25ClN6O3. The van der Waals surface area contributed by atoms with Crippen molar-refractivity contribution in [3.8, 4) is 5.75 Å². The van der Waals surface area contributed by atoms with Crippen LogP contribution in [0.3, 0.4) is 0 Å². The number of H-pyrrole nitrogens is 1. The first-order valence-corrected chi connectivity index (χ1v) is 11.4. The molecule has 0 radical (unpaired) electrons. The minimum atomic E-state index is -0.278. The van der Waals surface area contributed by atoms with Crippen molar-refractivity contribution >= 4 is 39.9 Å². The van der Waals surface area contributed by atoms with Gasteiger partial charge in [0.2, 0.25) is 0 Å². The van der Waals surface area contributed by atoms with E-state index in [0.29, 0.717) is 11.3 Å². The summed E-state index contributed by atoms with van der Waals surface area (Å²) in [6, 6.07) is 11.2. The van der Waals surface area contributed by atoms with Crippen LogP contribution in [0.4, 0.5) is 5.69 Å². The number of anilines is 1. The monoisotopic (exact) mass is 480 g/mol. The summed E-state index contributed by atoms with van der Waals surface area (Å²) >= 11 is 5.79. The lowest BCUT2D eigenvalue weighted by atomic mass is 10.1. The van der Waals surface area contributed by atoms with E-state index in [-0.39, 0.29) is 11.6 Å². The van der Waals surface area contributed by atoms with E-state index in [1.807, 2.05) is 30.5 Å². The fraction of sp³-hybridized carbons (Fsp3) is 0.292. The summed E-state index contributed by atoms with van der Waals surface area (Å²) in [4.78, 5) is 36.6. The Morgan fingerprint density at radius 3 is 2.74 bits per heavy atom. The highest BCUT2D eigenvalue weighted by molar-refractivity contribution is 6.23. The molecule has 1 aliphatic heterocycles. The predicted molar refractivity (Wildman–Crippen MR) is 132 cm³/mol. The molecule has 176 valence electrons. The molecule has 10 heteroatoms. The van der Waals surface area contributed by atoms with Gasteiger partial charge in [0.15, 0.2) is 0 Å². The van der Waals surface area contributed by atoms with Gasteiger partial charge in [-0.2, -0.15) is 0 Å². The molecule has 0 saturated carbocycles. The van der Waals surface area contributed by atoms with Gasteiger partial charge in [-0.1, -0.05) is 0 Å². The van der Waals surface area contributed by atoms with Crippen molar-refractivity contribution in [3.63, 3.8) is 0 Å². The number of hydrogen-bond donors (Lipinski definition) is 1. The van der Waals surface area contributed by atoms with E-state index in [4.69, 9.17) is 16.5 Å². The summed E-state index contributed by atoms with van der Waals surface area (Å²) in [7, 11) is 3.11. The fourth-order valence-corrected chi connectivity index (χ4v) is 4.57. The number of pyridine rings is 1. The van der Waals surface area contributed by atoms with Gasteiger partial charge >= 0.3 is 5.69 Å². The van der Waals surface area contributed by atoms with Crippen LogP contribution >= 0.6 is 11.8 Å². The maximum atomic E-state index is 12.3. The third-order valence-electron chi connectivity index (χ3n) is 6.22. The van der Waals surface area contributed by atoms with E-state index in [1.165, 1.54) is 7.05 Å². The van der Waals surface area contributed by atoms with Gasteiger partial charge in [0.25, 0.3) is 5.91 Å². The van der Waals surface area contributed by atoms with E-state index in [9.17, 15) is 9.59 Å². The summed E-state index contributed by atoms with van der Waals surface area (Å²) < 4.78 is 8.16. The molecule has 1 saturated heterocycles. The number of ether oxygens (including phenoxy) is 1. The normalized spacial score (nSPS) is 14.6. The smallest absolute Gasteiger partial charge is 0.330 e. The molecule has 1 N–H and O–H groups in total. The van der Waals surface area contributed by atoms with Crippen LogP contribution in [0.25, 0.3) is 16.6 Å². The highest BCUT2D eigenvalue weighted by Gasteiger charge is 2.22. The number of aromatic nitrogens is 3. The highest BCUT2D eigenvalue weighted by atomic mass is 35.5. The molecule has 0 unspecified atom stereocenters. The number of benzene rings is 1. The number of aromatic amines is 1. The minimum Gasteiger partial charge on any atom is -0.495 e. The zero-order chi connectivity index (χ0) is 23.8. The summed E-state index contributed by atoms with van der Waals surface area (Å²) in [5, 5.41) is 0. The molecule has 1 amide bonds. The lowest BCUT2D eigenvalue weighted by Crippen LogP contribution is -2.46. The van der Waals surface area contributed by atoms with Gasteiger partial charge in [0, 0.05) is 69.5 Å². The number of halogens is 1. The predicted octanol–water partition coefficient (Wildman–Crippen LogP) is 2.73. The van der Waals surface area contributed by atoms with Gasteiger partial charge in [-0.15, -0.1) is 0 Å². The van der Waals surface area contributed by atoms with Crippen molar-refractivity contribution in [2.75, 3.05) is 45.2 Å². The first-order valence-electron chi connectivity index (χ1n) is 11.0. The molecule has 4 aromatic rings. The van der Waals surface area contributed by atoms with Crippen LogP contribution in [0.5, 0.6) is 5.75 Å². The second-order valence-electron chi connectivity index (χ2n) is 8.37. The SMILES string of the molecule is COc1cc(C(=O)N(C)Cl)ccc1N1CCN(Cc2cnc3c(c2)[nH]c(=O)n2cccc32)CC1. The quantitative estimate of drug-likeness (QED) is 0.442. The lowest BCUT2D eigenvalue weighted by Gasteiger charge is -2.36. The molecule has 3 aromatic heterocycles. The van der Waals surface area contributed by atoms with Crippen LogP contribution in [0.1, 0.15) is 15.9 Å². The average molecular weight is 481 g/mol. The Morgan fingerprint density at radius 2 is 2.00 bits per heavy atom. The number of rotatable bonds is 5. The van der Waals surface area contributed by atoms with E-state index >= 15 is 0 Å². The number of amides is 1. The summed E-state index contributed by atoms with van der Waals surface area (Å²) in [6.07, 6.45) is 3.62. The second-order valence-corrected chi connectivity index (χ2v) is 8.87. The fourth-order valence-electron chi connectivity index (χ4n) is 4.48. The van der Waals surface area contributed by atoms with Gasteiger partial charge in [0.05, 0.1) is 23.8 Å². The van der Waals surface area contributed by atoms with Crippen molar-refractivity contribution in [1.82, 2.24) is 23.7 Å². The van der Waals surface area contributed by atoms with Crippen molar-refractivity contribution in [2.45, 2.75) is 6.54 Å². The van der Waals surface area contributed by atoms with E-state index in [0.717, 1.165) is 64.9 Å². The number of hydrogen-bond acceptors (Lipinski definition) is 6. The number of methoxy groups -OCH3 is 1. The minimum absolute atomic E-state index is 0.167. The number of fused-ring (bicyclic) bond motifs is 3. The maximum Gasteiger partial charge on any atom is 0.330 e. The molecular weight excluding hydrogens is 456 g/mol. The second kappa shape index (κ2) is 9.00. The average Bonchev–Trinajstić information content (AvgIpc) is 3.34. The van der Waals surface area contributed by atoms with Gasteiger partial charge in [-0.3, -0.25) is 23.5 Å². The lowest BCUT2D eigenvalue weighted by molar-refractivity contribution is 0.0884. The zero-order valence-electron chi connectivity index (χ0n) is 19.0. The Morgan fingerprint density at radius 1 is 1.21 bits per heavy atom.